The van der Waals surface area contributed by atoms with Gasteiger partial charge in [-0.1, -0.05) is 12.1 Å². The van der Waals surface area contributed by atoms with E-state index in [1.165, 1.54) is 0 Å². The molecule has 3 heterocycles. The first-order valence-corrected chi connectivity index (χ1v) is 8.80. The number of amides is 1. The first-order valence-electron chi connectivity index (χ1n) is 8.80. The zero-order valence-corrected chi connectivity index (χ0v) is 15.5. The lowest BCUT2D eigenvalue weighted by atomic mass is 10.1. The molecule has 136 valence electrons. The van der Waals surface area contributed by atoms with Crippen molar-refractivity contribution in [3.63, 3.8) is 0 Å². The van der Waals surface area contributed by atoms with E-state index < -0.39 is 0 Å². The molecule has 0 N–H and O–H groups in total. The van der Waals surface area contributed by atoms with Gasteiger partial charge in [0.2, 0.25) is 0 Å². The largest absolute Gasteiger partial charge is 0.497 e. The number of hydrogen-bond acceptors (Lipinski definition) is 5. The molecular weight excluding hydrogens is 340 g/mol. The molecule has 0 saturated carbocycles. The number of ether oxygens (including phenoxy) is 1. The van der Waals surface area contributed by atoms with Gasteiger partial charge in [0.1, 0.15) is 11.6 Å². The summed E-state index contributed by atoms with van der Waals surface area (Å²) in [6.45, 7) is 2.67. The van der Waals surface area contributed by atoms with Crippen LogP contribution in [-0.4, -0.2) is 36.6 Å². The normalized spacial score (nSPS) is 13.1. The highest BCUT2D eigenvalue weighted by Gasteiger charge is 2.30. The van der Waals surface area contributed by atoms with Crippen LogP contribution in [0.25, 0.3) is 11.3 Å². The van der Waals surface area contributed by atoms with Gasteiger partial charge in [-0.2, -0.15) is 0 Å². The Morgan fingerprint density at radius 3 is 2.70 bits per heavy atom. The second kappa shape index (κ2) is 6.72. The van der Waals surface area contributed by atoms with Crippen molar-refractivity contribution in [1.82, 2.24) is 9.97 Å². The van der Waals surface area contributed by atoms with Gasteiger partial charge >= 0.3 is 0 Å². The van der Waals surface area contributed by atoms with E-state index in [0.717, 1.165) is 22.7 Å². The highest BCUT2D eigenvalue weighted by atomic mass is 16.5. The molecule has 2 aromatic heterocycles. The Labute approximate surface area is 158 Å². The number of methoxy groups -OCH3 is 1. The summed E-state index contributed by atoms with van der Waals surface area (Å²) in [4.78, 5) is 25.9. The SMILES string of the molecule is CCN1c2ncccc2C(=O)N(C)c2ccc(-c3cccc(OC)c3)nc21. The fourth-order valence-electron chi connectivity index (χ4n) is 3.31. The van der Waals surface area contributed by atoms with E-state index in [-0.39, 0.29) is 5.91 Å². The third kappa shape index (κ3) is 2.79. The average Bonchev–Trinajstić information content (AvgIpc) is 2.81. The van der Waals surface area contributed by atoms with Gasteiger partial charge in [-0.3, -0.25) is 4.79 Å². The monoisotopic (exact) mass is 360 g/mol. The molecule has 6 heteroatoms. The zero-order chi connectivity index (χ0) is 19.0. The molecule has 0 atom stereocenters. The molecule has 27 heavy (non-hydrogen) atoms. The van der Waals surface area contributed by atoms with Crippen LogP contribution in [0.5, 0.6) is 5.75 Å². The Balaban J connectivity index is 1.91. The van der Waals surface area contributed by atoms with Gasteiger partial charge in [-0.05, 0) is 43.3 Å². The molecule has 1 aliphatic rings. The Morgan fingerprint density at radius 1 is 1.07 bits per heavy atom. The van der Waals surface area contributed by atoms with Crippen molar-refractivity contribution in [1.29, 1.82) is 0 Å². The Kier molecular flexibility index (Phi) is 4.24. The molecule has 0 saturated heterocycles. The number of carbonyl (C=O) groups excluding carboxylic acids is 1. The third-order valence-electron chi connectivity index (χ3n) is 4.73. The predicted molar refractivity (Wildman–Crippen MR) is 106 cm³/mol. The minimum absolute atomic E-state index is 0.0915. The number of nitrogens with zero attached hydrogens (tertiary/aromatic N) is 4. The second-order valence-electron chi connectivity index (χ2n) is 6.25. The van der Waals surface area contributed by atoms with E-state index in [4.69, 9.17) is 9.72 Å². The highest BCUT2D eigenvalue weighted by molar-refractivity contribution is 6.12. The van der Waals surface area contributed by atoms with Crippen molar-refractivity contribution in [3.05, 3.63) is 60.3 Å². The molecule has 0 aliphatic carbocycles. The number of aromatic nitrogens is 2. The Morgan fingerprint density at radius 2 is 1.93 bits per heavy atom. The van der Waals surface area contributed by atoms with Gasteiger partial charge in [-0.15, -0.1) is 0 Å². The van der Waals surface area contributed by atoms with Crippen LogP contribution in [0, 0.1) is 0 Å². The van der Waals surface area contributed by atoms with Crippen molar-refractivity contribution in [3.8, 4) is 17.0 Å². The zero-order valence-electron chi connectivity index (χ0n) is 15.5. The van der Waals surface area contributed by atoms with Crippen LogP contribution < -0.4 is 14.5 Å². The molecule has 0 bridgehead atoms. The van der Waals surface area contributed by atoms with Gasteiger partial charge in [0.05, 0.1) is 24.1 Å². The van der Waals surface area contributed by atoms with Crippen molar-refractivity contribution in [2.75, 3.05) is 30.5 Å². The summed E-state index contributed by atoms with van der Waals surface area (Å²) in [5.41, 5.74) is 3.09. The first-order chi connectivity index (χ1) is 13.1. The van der Waals surface area contributed by atoms with Gasteiger partial charge in [-0.25, -0.2) is 9.97 Å². The van der Waals surface area contributed by atoms with E-state index in [9.17, 15) is 4.79 Å². The fraction of sp³-hybridized carbons (Fsp3) is 0.190. The molecular formula is C21H20N4O2. The Hall–Kier alpha value is -3.41. The molecule has 6 nitrogen and oxygen atoms in total. The first kappa shape index (κ1) is 17.0. The van der Waals surface area contributed by atoms with Crippen LogP contribution in [0.15, 0.2) is 54.7 Å². The summed E-state index contributed by atoms with van der Waals surface area (Å²) in [6.07, 6.45) is 1.70. The highest BCUT2D eigenvalue weighted by Crippen LogP contribution is 2.39. The van der Waals surface area contributed by atoms with Gasteiger partial charge in [0, 0.05) is 25.4 Å². The maximum absolute atomic E-state index is 12.9. The number of pyridine rings is 2. The average molecular weight is 360 g/mol. The third-order valence-corrected chi connectivity index (χ3v) is 4.73. The summed E-state index contributed by atoms with van der Waals surface area (Å²) in [5, 5.41) is 0. The molecule has 0 radical (unpaired) electrons. The maximum Gasteiger partial charge on any atom is 0.261 e. The number of fused-ring (bicyclic) bond motifs is 2. The molecule has 3 aromatic rings. The minimum Gasteiger partial charge on any atom is -0.497 e. The molecule has 0 fully saturated rings. The van der Waals surface area contributed by atoms with E-state index >= 15 is 0 Å². The van der Waals surface area contributed by atoms with E-state index in [1.54, 1.807) is 37.4 Å². The van der Waals surface area contributed by atoms with E-state index in [0.29, 0.717) is 23.7 Å². The molecule has 0 unspecified atom stereocenters. The van der Waals surface area contributed by atoms with Gasteiger partial charge in [0.25, 0.3) is 5.91 Å². The summed E-state index contributed by atoms with van der Waals surface area (Å²) >= 11 is 0. The van der Waals surface area contributed by atoms with Crippen LogP contribution in [-0.2, 0) is 0 Å². The molecule has 4 rings (SSSR count). The predicted octanol–water partition coefficient (Wildman–Crippen LogP) is 3.90. The Bertz CT molecular complexity index is 1020. The van der Waals surface area contributed by atoms with Crippen LogP contribution in [0.4, 0.5) is 17.3 Å². The number of anilines is 3. The maximum atomic E-state index is 12.9. The van der Waals surface area contributed by atoms with Crippen molar-refractivity contribution in [2.24, 2.45) is 0 Å². The summed E-state index contributed by atoms with van der Waals surface area (Å²) < 4.78 is 5.33. The smallest absolute Gasteiger partial charge is 0.261 e. The van der Waals surface area contributed by atoms with Crippen LogP contribution >= 0.6 is 0 Å². The summed E-state index contributed by atoms with van der Waals surface area (Å²) in [7, 11) is 3.41. The summed E-state index contributed by atoms with van der Waals surface area (Å²) in [5.74, 6) is 2.03. The topological polar surface area (TPSA) is 58.6 Å². The number of carbonyl (C=O) groups is 1. The lowest BCUT2D eigenvalue weighted by Gasteiger charge is -2.23. The molecule has 1 aromatic carbocycles. The molecule has 0 spiro atoms. The van der Waals surface area contributed by atoms with Crippen molar-refractivity contribution < 1.29 is 9.53 Å². The van der Waals surface area contributed by atoms with Crippen LogP contribution in [0.3, 0.4) is 0 Å². The van der Waals surface area contributed by atoms with Crippen LogP contribution in [0.1, 0.15) is 17.3 Å². The van der Waals surface area contributed by atoms with Crippen molar-refractivity contribution >= 4 is 23.2 Å². The van der Waals surface area contributed by atoms with E-state index in [2.05, 4.69) is 4.98 Å². The summed E-state index contributed by atoms with van der Waals surface area (Å²) in [6, 6.07) is 15.2. The van der Waals surface area contributed by atoms with Gasteiger partial charge in [0.15, 0.2) is 5.82 Å². The lowest BCUT2D eigenvalue weighted by Crippen LogP contribution is -2.25. The van der Waals surface area contributed by atoms with Gasteiger partial charge < -0.3 is 14.5 Å². The number of benzene rings is 1. The van der Waals surface area contributed by atoms with Crippen LogP contribution in [0.2, 0.25) is 0 Å². The number of hydrogen-bond donors (Lipinski definition) is 0. The number of rotatable bonds is 3. The molecule has 1 aliphatic heterocycles. The van der Waals surface area contributed by atoms with E-state index in [1.807, 2.05) is 48.2 Å². The van der Waals surface area contributed by atoms with Crippen molar-refractivity contribution in [2.45, 2.75) is 6.92 Å². The standard InChI is InChI=1S/C21H20N4O2/c1-4-25-19-16(9-6-12-22-19)21(26)24(2)18-11-10-17(23-20(18)25)14-7-5-8-15(13-14)27-3/h5-13H,4H2,1-3H3. The fourth-order valence-corrected chi connectivity index (χ4v) is 3.31. The minimum atomic E-state index is -0.0915. The lowest BCUT2D eigenvalue weighted by molar-refractivity contribution is 0.0994. The quantitative estimate of drug-likeness (QED) is 0.709. The second-order valence-corrected chi connectivity index (χ2v) is 6.25. The molecule has 1 amide bonds.